The van der Waals surface area contributed by atoms with E-state index in [4.69, 9.17) is 0 Å². The van der Waals surface area contributed by atoms with E-state index in [-0.39, 0.29) is 17.2 Å². The summed E-state index contributed by atoms with van der Waals surface area (Å²) in [5, 5.41) is 0. The molecular formula is C22H26N2O3S. The van der Waals surface area contributed by atoms with Gasteiger partial charge >= 0.3 is 0 Å². The number of rotatable bonds is 4. The second kappa shape index (κ2) is 7.68. The molecule has 0 aromatic heterocycles. The summed E-state index contributed by atoms with van der Waals surface area (Å²) in [5.74, 6) is 0.0447. The number of benzene rings is 2. The summed E-state index contributed by atoms with van der Waals surface area (Å²) in [6, 6.07) is 14.4. The van der Waals surface area contributed by atoms with E-state index in [2.05, 4.69) is 0 Å². The molecule has 1 amide bonds. The first kappa shape index (κ1) is 19.2. The minimum Gasteiger partial charge on any atom is -0.343 e. The third-order valence-corrected chi connectivity index (χ3v) is 7.74. The topological polar surface area (TPSA) is 57.7 Å². The van der Waals surface area contributed by atoms with Gasteiger partial charge in [0.15, 0.2) is 0 Å². The highest BCUT2D eigenvalue weighted by molar-refractivity contribution is 7.89. The van der Waals surface area contributed by atoms with Crippen molar-refractivity contribution < 1.29 is 13.2 Å². The molecule has 0 saturated carbocycles. The maximum absolute atomic E-state index is 13.4. The first-order valence-corrected chi connectivity index (χ1v) is 11.3. The van der Waals surface area contributed by atoms with Crippen LogP contribution in [-0.2, 0) is 21.2 Å². The lowest BCUT2D eigenvalue weighted by atomic mass is 9.92. The SMILES string of the molecule is Cc1ccc(S(=O)(=O)N2CCc3ccccc3C2CC(=O)N2CCCC2)cc1. The molecule has 2 aliphatic heterocycles. The number of amides is 1. The van der Waals surface area contributed by atoms with Crippen molar-refractivity contribution >= 4 is 15.9 Å². The van der Waals surface area contributed by atoms with Crippen LogP contribution in [0.2, 0.25) is 0 Å². The van der Waals surface area contributed by atoms with E-state index >= 15 is 0 Å². The first-order valence-electron chi connectivity index (χ1n) is 9.91. The average molecular weight is 399 g/mol. The maximum Gasteiger partial charge on any atom is 0.243 e. The summed E-state index contributed by atoms with van der Waals surface area (Å²) in [7, 11) is -3.68. The summed E-state index contributed by atoms with van der Waals surface area (Å²) >= 11 is 0. The van der Waals surface area contributed by atoms with Crippen LogP contribution in [0.5, 0.6) is 0 Å². The number of likely N-dealkylation sites (tertiary alicyclic amines) is 1. The Hall–Kier alpha value is -2.18. The number of fused-ring (bicyclic) bond motifs is 1. The molecule has 1 saturated heterocycles. The Bertz CT molecular complexity index is 964. The van der Waals surface area contributed by atoms with Gasteiger partial charge in [-0.2, -0.15) is 4.31 Å². The van der Waals surface area contributed by atoms with Gasteiger partial charge in [0.25, 0.3) is 0 Å². The van der Waals surface area contributed by atoms with Crippen molar-refractivity contribution in [2.24, 2.45) is 0 Å². The zero-order valence-corrected chi connectivity index (χ0v) is 17.0. The lowest BCUT2D eigenvalue weighted by Crippen LogP contribution is -2.42. The Morgan fingerprint density at radius 2 is 1.68 bits per heavy atom. The van der Waals surface area contributed by atoms with Crippen molar-refractivity contribution in [1.29, 1.82) is 0 Å². The molecule has 1 unspecified atom stereocenters. The van der Waals surface area contributed by atoms with Gasteiger partial charge in [-0.25, -0.2) is 8.42 Å². The number of carbonyl (C=O) groups is 1. The smallest absolute Gasteiger partial charge is 0.243 e. The number of carbonyl (C=O) groups excluding carboxylic acids is 1. The molecule has 2 aliphatic rings. The number of aryl methyl sites for hydroxylation is 1. The van der Waals surface area contributed by atoms with Crippen molar-refractivity contribution in [1.82, 2.24) is 9.21 Å². The summed E-state index contributed by atoms with van der Waals surface area (Å²) in [4.78, 5) is 15.0. The van der Waals surface area contributed by atoms with E-state index in [1.807, 2.05) is 48.2 Å². The summed E-state index contributed by atoms with van der Waals surface area (Å²) < 4.78 is 28.4. The third kappa shape index (κ3) is 3.59. The van der Waals surface area contributed by atoms with E-state index in [1.165, 1.54) is 4.31 Å². The number of sulfonamides is 1. The molecule has 0 N–H and O–H groups in total. The van der Waals surface area contributed by atoms with Crippen LogP contribution in [-0.4, -0.2) is 43.2 Å². The lowest BCUT2D eigenvalue weighted by molar-refractivity contribution is -0.131. The van der Waals surface area contributed by atoms with Crippen molar-refractivity contribution in [3.05, 3.63) is 65.2 Å². The van der Waals surface area contributed by atoms with Gasteiger partial charge in [0.2, 0.25) is 15.9 Å². The highest BCUT2D eigenvalue weighted by Gasteiger charge is 2.38. The predicted octanol–water partition coefficient (Wildman–Crippen LogP) is 3.30. The Labute approximate surface area is 167 Å². The molecule has 28 heavy (non-hydrogen) atoms. The van der Waals surface area contributed by atoms with Gasteiger partial charge in [-0.15, -0.1) is 0 Å². The zero-order chi connectivity index (χ0) is 19.7. The fourth-order valence-corrected chi connectivity index (χ4v) is 5.84. The molecule has 0 radical (unpaired) electrons. The molecule has 4 rings (SSSR count). The van der Waals surface area contributed by atoms with E-state index in [0.717, 1.165) is 42.6 Å². The molecule has 1 fully saturated rings. The van der Waals surface area contributed by atoms with Gasteiger partial charge in [0, 0.05) is 26.1 Å². The van der Waals surface area contributed by atoms with E-state index in [1.54, 1.807) is 12.1 Å². The molecule has 2 heterocycles. The third-order valence-electron chi connectivity index (χ3n) is 5.82. The van der Waals surface area contributed by atoms with E-state index in [9.17, 15) is 13.2 Å². The van der Waals surface area contributed by atoms with Crippen molar-refractivity contribution in [2.45, 2.75) is 43.5 Å². The predicted molar refractivity (Wildman–Crippen MR) is 108 cm³/mol. The minimum atomic E-state index is -3.68. The molecule has 1 atom stereocenters. The minimum absolute atomic E-state index is 0.0447. The van der Waals surface area contributed by atoms with Crippen molar-refractivity contribution in [2.75, 3.05) is 19.6 Å². The van der Waals surface area contributed by atoms with Gasteiger partial charge in [-0.05, 0) is 49.4 Å². The molecule has 2 aromatic carbocycles. The lowest BCUT2D eigenvalue weighted by Gasteiger charge is -2.36. The number of nitrogens with zero attached hydrogens (tertiary/aromatic N) is 2. The largest absolute Gasteiger partial charge is 0.343 e. The highest BCUT2D eigenvalue weighted by Crippen LogP contribution is 2.37. The van der Waals surface area contributed by atoms with Gasteiger partial charge in [0.05, 0.1) is 10.9 Å². The monoisotopic (exact) mass is 398 g/mol. The van der Waals surface area contributed by atoms with Gasteiger partial charge < -0.3 is 4.90 Å². The molecular weight excluding hydrogens is 372 g/mol. The van der Waals surface area contributed by atoms with E-state index < -0.39 is 16.1 Å². The molecule has 2 aromatic rings. The maximum atomic E-state index is 13.4. The number of hydrogen-bond acceptors (Lipinski definition) is 3. The second-order valence-electron chi connectivity index (χ2n) is 7.69. The molecule has 5 nitrogen and oxygen atoms in total. The van der Waals surface area contributed by atoms with Crippen LogP contribution in [0.3, 0.4) is 0 Å². The Balaban J connectivity index is 1.70. The molecule has 6 heteroatoms. The highest BCUT2D eigenvalue weighted by atomic mass is 32.2. The van der Waals surface area contributed by atoms with Crippen molar-refractivity contribution in [3.63, 3.8) is 0 Å². The normalized spacial score (nSPS) is 20.2. The van der Waals surface area contributed by atoms with Gasteiger partial charge in [-0.1, -0.05) is 42.0 Å². The fourth-order valence-electron chi connectivity index (χ4n) is 4.23. The molecule has 0 aliphatic carbocycles. The standard InChI is InChI=1S/C22H26N2O3S/c1-17-8-10-19(11-9-17)28(26,27)24-15-12-18-6-2-3-7-20(18)21(24)16-22(25)23-13-4-5-14-23/h2-3,6-11,21H,4-5,12-16H2,1H3. The van der Waals surface area contributed by atoms with Crippen LogP contribution >= 0.6 is 0 Å². The molecule has 0 spiro atoms. The van der Waals surface area contributed by atoms with Crippen LogP contribution in [0.1, 0.15) is 42.0 Å². The second-order valence-corrected chi connectivity index (χ2v) is 9.58. The van der Waals surface area contributed by atoms with Gasteiger partial charge in [-0.3, -0.25) is 4.79 Å². The fraction of sp³-hybridized carbons (Fsp3) is 0.409. The molecule has 148 valence electrons. The summed E-state index contributed by atoms with van der Waals surface area (Å²) in [6.45, 7) is 3.88. The Kier molecular flexibility index (Phi) is 5.25. The van der Waals surface area contributed by atoms with Crippen LogP contribution in [0.25, 0.3) is 0 Å². The zero-order valence-electron chi connectivity index (χ0n) is 16.2. The van der Waals surface area contributed by atoms with Crippen molar-refractivity contribution in [3.8, 4) is 0 Å². The van der Waals surface area contributed by atoms with Crippen LogP contribution in [0.15, 0.2) is 53.4 Å². The molecule has 0 bridgehead atoms. The van der Waals surface area contributed by atoms with E-state index in [0.29, 0.717) is 13.0 Å². The quantitative estimate of drug-likeness (QED) is 0.794. The Morgan fingerprint density at radius 1 is 1.00 bits per heavy atom. The first-order chi connectivity index (χ1) is 13.5. The average Bonchev–Trinajstić information content (AvgIpc) is 3.23. The summed E-state index contributed by atoms with van der Waals surface area (Å²) in [6.07, 6.45) is 2.91. The Morgan fingerprint density at radius 3 is 2.39 bits per heavy atom. The summed E-state index contributed by atoms with van der Waals surface area (Å²) in [5.41, 5.74) is 3.11. The van der Waals surface area contributed by atoms with Crippen LogP contribution in [0, 0.1) is 6.92 Å². The number of hydrogen-bond donors (Lipinski definition) is 0. The van der Waals surface area contributed by atoms with Crippen LogP contribution < -0.4 is 0 Å². The van der Waals surface area contributed by atoms with Gasteiger partial charge in [0.1, 0.15) is 0 Å². The van der Waals surface area contributed by atoms with Crippen LogP contribution in [0.4, 0.5) is 0 Å².